The zero-order chi connectivity index (χ0) is 14.5. The largest absolute Gasteiger partial charge is 0.497 e. The van der Waals surface area contributed by atoms with Crippen LogP contribution < -0.4 is 15.2 Å². The molecule has 1 aliphatic rings. The molecule has 0 spiro atoms. The third kappa shape index (κ3) is 3.66. The van der Waals surface area contributed by atoms with E-state index < -0.39 is 0 Å². The molecule has 1 saturated carbocycles. The molecule has 0 aliphatic heterocycles. The molecule has 1 fully saturated rings. The third-order valence-electron chi connectivity index (χ3n) is 4.53. The van der Waals surface area contributed by atoms with E-state index in [1.54, 1.807) is 7.11 Å². The maximum absolute atomic E-state index is 6.25. The summed E-state index contributed by atoms with van der Waals surface area (Å²) in [5, 5.41) is 0. The van der Waals surface area contributed by atoms with Crippen LogP contribution in [0.2, 0.25) is 0 Å². The SMILES string of the molecule is COc1ccc(OC2CCC(C)C(C)C2)c(CCN)c1. The minimum atomic E-state index is 0.339. The van der Waals surface area contributed by atoms with Crippen LogP contribution >= 0.6 is 0 Å². The molecular weight excluding hydrogens is 250 g/mol. The van der Waals surface area contributed by atoms with Crippen LogP contribution in [0.3, 0.4) is 0 Å². The highest BCUT2D eigenvalue weighted by Crippen LogP contribution is 2.33. The summed E-state index contributed by atoms with van der Waals surface area (Å²) in [4.78, 5) is 0. The molecule has 20 heavy (non-hydrogen) atoms. The second-order valence-electron chi connectivity index (χ2n) is 6.02. The topological polar surface area (TPSA) is 44.5 Å². The van der Waals surface area contributed by atoms with Gasteiger partial charge in [0.2, 0.25) is 0 Å². The Morgan fingerprint density at radius 1 is 1.20 bits per heavy atom. The maximum Gasteiger partial charge on any atom is 0.123 e. The molecule has 3 nitrogen and oxygen atoms in total. The van der Waals surface area contributed by atoms with E-state index in [9.17, 15) is 0 Å². The minimum absolute atomic E-state index is 0.339. The van der Waals surface area contributed by atoms with Crippen molar-refractivity contribution in [1.29, 1.82) is 0 Å². The van der Waals surface area contributed by atoms with E-state index >= 15 is 0 Å². The van der Waals surface area contributed by atoms with Crippen molar-refractivity contribution in [2.45, 2.75) is 45.6 Å². The van der Waals surface area contributed by atoms with Gasteiger partial charge in [-0.2, -0.15) is 0 Å². The zero-order valence-corrected chi connectivity index (χ0v) is 12.9. The van der Waals surface area contributed by atoms with E-state index in [-0.39, 0.29) is 0 Å². The van der Waals surface area contributed by atoms with Gasteiger partial charge in [-0.3, -0.25) is 0 Å². The fourth-order valence-corrected chi connectivity index (χ4v) is 2.93. The summed E-state index contributed by atoms with van der Waals surface area (Å²) in [7, 11) is 1.69. The van der Waals surface area contributed by atoms with Crippen molar-refractivity contribution in [2.75, 3.05) is 13.7 Å². The Balaban J connectivity index is 2.08. The maximum atomic E-state index is 6.25. The normalized spacial score (nSPS) is 26.3. The van der Waals surface area contributed by atoms with Crippen LogP contribution in [-0.4, -0.2) is 19.8 Å². The van der Waals surface area contributed by atoms with Crippen molar-refractivity contribution in [3.8, 4) is 11.5 Å². The van der Waals surface area contributed by atoms with Crippen LogP contribution in [0.4, 0.5) is 0 Å². The smallest absolute Gasteiger partial charge is 0.123 e. The standard InChI is InChI=1S/C17H27NO2/c1-12-4-5-16(10-13(12)2)20-17-7-6-15(19-3)11-14(17)8-9-18/h6-7,11-13,16H,4-5,8-10,18H2,1-3H3. The van der Waals surface area contributed by atoms with Gasteiger partial charge >= 0.3 is 0 Å². The average Bonchev–Trinajstić information content (AvgIpc) is 2.45. The molecule has 0 radical (unpaired) electrons. The van der Waals surface area contributed by atoms with Crippen molar-refractivity contribution in [2.24, 2.45) is 17.6 Å². The summed E-state index contributed by atoms with van der Waals surface area (Å²) in [6.07, 6.45) is 4.72. The number of benzene rings is 1. The lowest BCUT2D eigenvalue weighted by atomic mass is 9.80. The van der Waals surface area contributed by atoms with E-state index in [4.69, 9.17) is 15.2 Å². The van der Waals surface area contributed by atoms with E-state index in [2.05, 4.69) is 13.8 Å². The Labute approximate surface area is 122 Å². The molecule has 2 N–H and O–H groups in total. The number of ether oxygens (including phenoxy) is 2. The molecule has 1 aliphatic carbocycles. The summed E-state index contributed by atoms with van der Waals surface area (Å²) in [5.41, 5.74) is 6.85. The predicted molar refractivity (Wildman–Crippen MR) is 82.3 cm³/mol. The lowest BCUT2D eigenvalue weighted by Gasteiger charge is -2.32. The first-order chi connectivity index (χ1) is 9.63. The van der Waals surface area contributed by atoms with Gasteiger partial charge in [-0.1, -0.05) is 13.8 Å². The van der Waals surface area contributed by atoms with E-state index in [1.807, 2.05) is 18.2 Å². The quantitative estimate of drug-likeness (QED) is 0.897. The molecule has 1 aromatic rings. The van der Waals surface area contributed by atoms with Crippen LogP contribution in [0.15, 0.2) is 18.2 Å². The Morgan fingerprint density at radius 3 is 2.65 bits per heavy atom. The van der Waals surface area contributed by atoms with Crippen LogP contribution in [0.5, 0.6) is 11.5 Å². The van der Waals surface area contributed by atoms with Gasteiger partial charge in [0, 0.05) is 0 Å². The molecular formula is C17H27NO2. The van der Waals surface area contributed by atoms with Crippen molar-refractivity contribution >= 4 is 0 Å². The zero-order valence-electron chi connectivity index (χ0n) is 12.9. The highest BCUT2D eigenvalue weighted by molar-refractivity contribution is 5.40. The van der Waals surface area contributed by atoms with Crippen LogP contribution in [0, 0.1) is 11.8 Å². The third-order valence-corrected chi connectivity index (χ3v) is 4.53. The highest BCUT2D eigenvalue weighted by atomic mass is 16.5. The van der Waals surface area contributed by atoms with Gasteiger partial charge in [-0.25, -0.2) is 0 Å². The lowest BCUT2D eigenvalue weighted by molar-refractivity contribution is 0.0996. The summed E-state index contributed by atoms with van der Waals surface area (Å²) < 4.78 is 11.5. The molecule has 0 aromatic heterocycles. The Kier molecular flexibility index (Phi) is 5.30. The second-order valence-corrected chi connectivity index (χ2v) is 6.02. The van der Waals surface area contributed by atoms with Crippen molar-refractivity contribution < 1.29 is 9.47 Å². The first-order valence-electron chi connectivity index (χ1n) is 7.67. The van der Waals surface area contributed by atoms with Crippen molar-refractivity contribution in [3.63, 3.8) is 0 Å². The summed E-state index contributed by atoms with van der Waals surface area (Å²) in [6, 6.07) is 6.02. The van der Waals surface area contributed by atoms with Crippen LogP contribution in [-0.2, 0) is 6.42 Å². The monoisotopic (exact) mass is 277 g/mol. The fourth-order valence-electron chi connectivity index (χ4n) is 2.93. The predicted octanol–water partition coefficient (Wildman–Crippen LogP) is 3.40. The number of rotatable bonds is 5. The van der Waals surface area contributed by atoms with E-state index in [1.165, 1.54) is 6.42 Å². The number of hydrogen-bond donors (Lipinski definition) is 1. The van der Waals surface area contributed by atoms with Gasteiger partial charge in [0.15, 0.2) is 0 Å². The van der Waals surface area contributed by atoms with Crippen LogP contribution in [0.25, 0.3) is 0 Å². The summed E-state index contributed by atoms with van der Waals surface area (Å²) >= 11 is 0. The Bertz CT molecular complexity index is 433. The first kappa shape index (κ1) is 15.2. The second kappa shape index (κ2) is 6.98. The summed E-state index contributed by atoms with van der Waals surface area (Å²) in [6.45, 7) is 5.30. The van der Waals surface area contributed by atoms with Gasteiger partial charge in [0.1, 0.15) is 11.5 Å². The van der Waals surface area contributed by atoms with Crippen LogP contribution in [0.1, 0.15) is 38.7 Å². The number of hydrogen-bond acceptors (Lipinski definition) is 3. The van der Waals surface area contributed by atoms with Gasteiger partial charge in [-0.15, -0.1) is 0 Å². The van der Waals surface area contributed by atoms with E-state index in [0.717, 1.165) is 48.2 Å². The Morgan fingerprint density at radius 2 is 2.00 bits per heavy atom. The van der Waals surface area contributed by atoms with Gasteiger partial charge in [0.05, 0.1) is 13.2 Å². The van der Waals surface area contributed by atoms with Gasteiger partial charge in [-0.05, 0) is 67.8 Å². The molecule has 1 aromatic carbocycles. The molecule has 3 unspecified atom stereocenters. The Hall–Kier alpha value is -1.22. The molecule has 0 bridgehead atoms. The lowest BCUT2D eigenvalue weighted by Crippen LogP contribution is -2.29. The molecule has 3 atom stereocenters. The molecule has 3 heteroatoms. The number of nitrogens with two attached hydrogens (primary N) is 1. The molecule has 0 heterocycles. The average molecular weight is 277 g/mol. The van der Waals surface area contributed by atoms with Crippen molar-refractivity contribution in [1.82, 2.24) is 0 Å². The van der Waals surface area contributed by atoms with Gasteiger partial charge in [0.25, 0.3) is 0 Å². The number of methoxy groups -OCH3 is 1. The summed E-state index contributed by atoms with van der Waals surface area (Å²) in [5.74, 6) is 3.40. The van der Waals surface area contributed by atoms with E-state index in [0.29, 0.717) is 12.6 Å². The molecule has 2 rings (SSSR count). The molecule has 0 saturated heterocycles. The highest BCUT2D eigenvalue weighted by Gasteiger charge is 2.26. The van der Waals surface area contributed by atoms with Crippen molar-refractivity contribution in [3.05, 3.63) is 23.8 Å². The fraction of sp³-hybridized carbons (Fsp3) is 0.647. The van der Waals surface area contributed by atoms with Gasteiger partial charge < -0.3 is 15.2 Å². The first-order valence-corrected chi connectivity index (χ1v) is 7.67. The molecule has 0 amide bonds. The molecule has 112 valence electrons. The minimum Gasteiger partial charge on any atom is -0.497 e.